The average Bonchev–Trinajstić information content (AvgIpc) is 2.86. The van der Waals surface area contributed by atoms with Gasteiger partial charge in [-0.25, -0.2) is 4.39 Å². The van der Waals surface area contributed by atoms with Crippen LogP contribution in [-0.4, -0.2) is 12.0 Å². The first-order valence-corrected chi connectivity index (χ1v) is 6.66. The highest BCUT2D eigenvalue weighted by molar-refractivity contribution is 5.33. The molecular formula is C16H17FN2. The molecule has 0 radical (unpaired) electrons. The van der Waals surface area contributed by atoms with Crippen LogP contribution < -0.4 is 5.32 Å². The number of pyridine rings is 1. The molecule has 98 valence electrons. The molecule has 1 aliphatic carbocycles. The molecule has 2 atom stereocenters. The molecule has 2 unspecified atom stereocenters. The van der Waals surface area contributed by atoms with Crippen molar-refractivity contribution in [1.82, 2.24) is 10.3 Å². The maximum absolute atomic E-state index is 13.0. The van der Waals surface area contributed by atoms with Gasteiger partial charge in [-0.15, -0.1) is 0 Å². The van der Waals surface area contributed by atoms with E-state index in [9.17, 15) is 4.39 Å². The summed E-state index contributed by atoms with van der Waals surface area (Å²) in [7, 11) is 1.95. The van der Waals surface area contributed by atoms with Crippen molar-refractivity contribution < 1.29 is 4.39 Å². The summed E-state index contributed by atoms with van der Waals surface area (Å²) < 4.78 is 13.0. The van der Waals surface area contributed by atoms with Gasteiger partial charge in [0, 0.05) is 23.9 Å². The quantitative estimate of drug-likeness (QED) is 0.912. The first-order chi connectivity index (χ1) is 9.29. The average molecular weight is 256 g/mol. The number of benzene rings is 1. The van der Waals surface area contributed by atoms with Crippen molar-refractivity contribution in [3.63, 3.8) is 0 Å². The Labute approximate surface area is 112 Å². The number of nitrogens with zero attached hydrogens (tertiary/aromatic N) is 1. The van der Waals surface area contributed by atoms with Crippen molar-refractivity contribution in [2.75, 3.05) is 7.05 Å². The summed E-state index contributed by atoms with van der Waals surface area (Å²) in [5.41, 5.74) is 3.65. The lowest BCUT2D eigenvalue weighted by atomic mass is 9.91. The van der Waals surface area contributed by atoms with E-state index in [-0.39, 0.29) is 11.9 Å². The molecule has 19 heavy (non-hydrogen) atoms. The van der Waals surface area contributed by atoms with E-state index in [2.05, 4.69) is 16.4 Å². The molecule has 2 nitrogen and oxygen atoms in total. The monoisotopic (exact) mass is 256 g/mol. The second kappa shape index (κ2) is 5.10. The van der Waals surface area contributed by atoms with Crippen molar-refractivity contribution in [1.29, 1.82) is 0 Å². The van der Waals surface area contributed by atoms with Crippen molar-refractivity contribution in [3.05, 3.63) is 65.2 Å². The molecule has 3 rings (SSSR count). The molecule has 1 aromatic heterocycles. The topological polar surface area (TPSA) is 24.9 Å². The highest BCUT2D eigenvalue weighted by atomic mass is 19.1. The Morgan fingerprint density at radius 1 is 1.26 bits per heavy atom. The fourth-order valence-corrected chi connectivity index (χ4v) is 3.04. The van der Waals surface area contributed by atoms with E-state index in [1.165, 1.54) is 23.4 Å². The molecule has 3 heteroatoms. The molecule has 0 amide bonds. The van der Waals surface area contributed by atoms with Crippen molar-refractivity contribution in [2.45, 2.75) is 24.8 Å². The summed E-state index contributed by atoms with van der Waals surface area (Å²) in [5.74, 6) is 0.176. The van der Waals surface area contributed by atoms with Gasteiger partial charge < -0.3 is 5.32 Å². The minimum Gasteiger partial charge on any atom is -0.312 e. The van der Waals surface area contributed by atoms with Gasteiger partial charge in [-0.05, 0) is 49.2 Å². The first-order valence-electron chi connectivity index (χ1n) is 6.66. The van der Waals surface area contributed by atoms with E-state index in [4.69, 9.17) is 0 Å². The van der Waals surface area contributed by atoms with Crippen LogP contribution in [0, 0.1) is 5.82 Å². The zero-order chi connectivity index (χ0) is 13.2. The summed E-state index contributed by atoms with van der Waals surface area (Å²) in [6.07, 6.45) is 4.02. The van der Waals surface area contributed by atoms with Gasteiger partial charge in [-0.2, -0.15) is 0 Å². The van der Waals surface area contributed by atoms with Crippen LogP contribution in [0.1, 0.15) is 35.2 Å². The number of halogens is 1. The van der Waals surface area contributed by atoms with E-state index in [0.717, 1.165) is 18.4 Å². The van der Waals surface area contributed by atoms with Gasteiger partial charge in [-0.1, -0.05) is 18.2 Å². The predicted octanol–water partition coefficient (Wildman–Crippen LogP) is 3.21. The minimum absolute atomic E-state index is 0.191. The Hall–Kier alpha value is -1.74. The fourth-order valence-electron chi connectivity index (χ4n) is 3.04. The van der Waals surface area contributed by atoms with E-state index in [0.29, 0.717) is 5.92 Å². The van der Waals surface area contributed by atoms with Crippen LogP contribution in [-0.2, 0) is 6.42 Å². The SMILES string of the molecule is CNC(c1ccc(F)cc1)C1CCc2cccnc21. The number of hydrogen-bond donors (Lipinski definition) is 1. The molecular weight excluding hydrogens is 239 g/mol. The summed E-state index contributed by atoms with van der Waals surface area (Å²) >= 11 is 0. The number of rotatable bonds is 3. The van der Waals surface area contributed by atoms with Crippen LogP contribution in [0.4, 0.5) is 4.39 Å². The second-order valence-corrected chi connectivity index (χ2v) is 5.01. The van der Waals surface area contributed by atoms with Gasteiger partial charge in [-0.3, -0.25) is 4.98 Å². The summed E-state index contributed by atoms with van der Waals surface area (Å²) in [6.45, 7) is 0. The van der Waals surface area contributed by atoms with Gasteiger partial charge in [0.05, 0.1) is 0 Å². The first kappa shape index (κ1) is 12.3. The molecule has 0 saturated heterocycles. The number of nitrogens with one attached hydrogen (secondary N) is 1. The Kier molecular flexibility index (Phi) is 3.30. The smallest absolute Gasteiger partial charge is 0.123 e. The second-order valence-electron chi connectivity index (χ2n) is 5.01. The highest BCUT2D eigenvalue weighted by Crippen LogP contribution is 2.40. The summed E-state index contributed by atoms with van der Waals surface area (Å²) in [4.78, 5) is 4.54. The maximum Gasteiger partial charge on any atom is 0.123 e. The van der Waals surface area contributed by atoms with Gasteiger partial charge in [0.2, 0.25) is 0 Å². The van der Waals surface area contributed by atoms with E-state index >= 15 is 0 Å². The van der Waals surface area contributed by atoms with Gasteiger partial charge in [0.1, 0.15) is 5.82 Å². The standard InChI is InChI=1S/C16H17FN2/c1-18-15(12-4-7-13(17)8-5-12)14-9-6-11-3-2-10-19-16(11)14/h2-5,7-8,10,14-15,18H,6,9H2,1H3. The van der Waals surface area contributed by atoms with Crippen LogP contribution in [0.3, 0.4) is 0 Å². The summed E-state index contributed by atoms with van der Waals surface area (Å²) in [6, 6.07) is 11.1. The molecule has 0 saturated carbocycles. The van der Waals surface area contributed by atoms with E-state index < -0.39 is 0 Å². The molecule has 0 fully saturated rings. The Morgan fingerprint density at radius 2 is 2.05 bits per heavy atom. The zero-order valence-corrected chi connectivity index (χ0v) is 10.9. The minimum atomic E-state index is -0.191. The van der Waals surface area contributed by atoms with E-state index in [1.807, 2.05) is 31.4 Å². The molecule has 2 aromatic rings. The van der Waals surface area contributed by atoms with Crippen LogP contribution in [0.2, 0.25) is 0 Å². The third-order valence-corrected chi connectivity index (χ3v) is 3.94. The molecule has 0 bridgehead atoms. The third-order valence-electron chi connectivity index (χ3n) is 3.94. The molecule has 1 aromatic carbocycles. The van der Waals surface area contributed by atoms with Crippen molar-refractivity contribution in [3.8, 4) is 0 Å². The number of aromatic nitrogens is 1. The van der Waals surface area contributed by atoms with Gasteiger partial charge in [0.15, 0.2) is 0 Å². The van der Waals surface area contributed by atoms with Crippen molar-refractivity contribution >= 4 is 0 Å². The van der Waals surface area contributed by atoms with Crippen LogP contribution >= 0.6 is 0 Å². The Bertz CT molecular complexity index is 565. The Morgan fingerprint density at radius 3 is 2.79 bits per heavy atom. The third kappa shape index (κ3) is 2.26. The fraction of sp³-hybridized carbons (Fsp3) is 0.312. The number of hydrogen-bond acceptors (Lipinski definition) is 2. The molecule has 0 spiro atoms. The molecule has 1 aliphatic rings. The van der Waals surface area contributed by atoms with Crippen LogP contribution in [0.25, 0.3) is 0 Å². The molecule has 1 heterocycles. The highest BCUT2D eigenvalue weighted by Gasteiger charge is 2.30. The van der Waals surface area contributed by atoms with Crippen molar-refractivity contribution in [2.24, 2.45) is 0 Å². The zero-order valence-electron chi connectivity index (χ0n) is 10.9. The normalized spacial score (nSPS) is 19.2. The predicted molar refractivity (Wildman–Crippen MR) is 73.5 cm³/mol. The lowest BCUT2D eigenvalue weighted by molar-refractivity contribution is 0.469. The van der Waals surface area contributed by atoms with Crippen LogP contribution in [0.5, 0.6) is 0 Å². The van der Waals surface area contributed by atoms with Gasteiger partial charge in [0.25, 0.3) is 0 Å². The number of aryl methyl sites for hydroxylation is 1. The number of fused-ring (bicyclic) bond motifs is 1. The number of likely N-dealkylation sites (N-methyl/N-ethyl adjacent to an activating group) is 1. The largest absolute Gasteiger partial charge is 0.312 e. The van der Waals surface area contributed by atoms with Crippen LogP contribution in [0.15, 0.2) is 42.6 Å². The Balaban J connectivity index is 1.94. The lowest BCUT2D eigenvalue weighted by Crippen LogP contribution is -2.23. The molecule has 1 N–H and O–H groups in total. The van der Waals surface area contributed by atoms with Gasteiger partial charge >= 0.3 is 0 Å². The lowest BCUT2D eigenvalue weighted by Gasteiger charge is -2.23. The summed E-state index contributed by atoms with van der Waals surface area (Å²) in [5, 5.41) is 3.36. The van der Waals surface area contributed by atoms with E-state index in [1.54, 1.807) is 0 Å². The maximum atomic E-state index is 13.0. The molecule has 0 aliphatic heterocycles.